The number of nitrogens with one attached hydrogen (secondary N) is 1. The van der Waals surface area contributed by atoms with Gasteiger partial charge in [0.1, 0.15) is 17.9 Å². The topological polar surface area (TPSA) is 124 Å². The molecule has 0 saturated carbocycles. The molecule has 6 aliphatic rings. The summed E-state index contributed by atoms with van der Waals surface area (Å²) in [6, 6.07) is 17.9. The second-order valence-corrected chi connectivity index (χ2v) is 17.0. The van der Waals surface area contributed by atoms with Crippen molar-refractivity contribution >= 4 is 52.5 Å². The van der Waals surface area contributed by atoms with Crippen LogP contribution < -0.4 is 15.0 Å². The van der Waals surface area contributed by atoms with Crippen molar-refractivity contribution in [2.24, 2.45) is 5.92 Å². The number of carbonyl (C=O) groups excluding carboxylic acids is 5. The van der Waals surface area contributed by atoms with Crippen LogP contribution in [-0.4, -0.2) is 101 Å². The van der Waals surface area contributed by atoms with E-state index in [9.17, 15) is 24.0 Å². The van der Waals surface area contributed by atoms with Crippen molar-refractivity contribution in [3.05, 3.63) is 99.4 Å². The maximum Gasteiger partial charge on any atom is 0.264 e. The summed E-state index contributed by atoms with van der Waals surface area (Å²) < 4.78 is 6.26. The highest BCUT2D eigenvalue weighted by molar-refractivity contribution is 6.33. The van der Waals surface area contributed by atoms with Crippen LogP contribution in [-0.2, 0) is 9.59 Å². The fraction of sp³-hybridized carbons (Fsp3) is 0.435. The second kappa shape index (κ2) is 16.2. The van der Waals surface area contributed by atoms with E-state index in [1.54, 1.807) is 30.3 Å². The molecular formula is C46H45ClN6O6. The molecule has 2 bridgehead atoms. The number of piperidine rings is 4. The number of hydrogen-bond acceptors (Lipinski definition) is 8. The zero-order chi connectivity index (χ0) is 40.8. The number of nitrogens with zero attached hydrogens (tertiary/aromatic N) is 5. The normalized spacial score (nSPS) is 25.0. The van der Waals surface area contributed by atoms with Gasteiger partial charge in [-0.2, -0.15) is 0 Å². The smallest absolute Gasteiger partial charge is 0.264 e. The molecule has 5 saturated heterocycles. The van der Waals surface area contributed by atoms with Crippen LogP contribution in [0.2, 0.25) is 5.02 Å². The highest BCUT2D eigenvalue weighted by Gasteiger charge is 2.47. The number of benzene rings is 3. The second-order valence-electron chi connectivity index (χ2n) is 16.6. The van der Waals surface area contributed by atoms with Crippen LogP contribution in [0.25, 0.3) is 4.85 Å². The van der Waals surface area contributed by atoms with E-state index in [2.05, 4.69) is 36.7 Å². The molecule has 0 radical (unpaired) electrons. The summed E-state index contributed by atoms with van der Waals surface area (Å²) in [5.74, 6) is 5.94. The number of hydrogen-bond donors (Lipinski definition) is 1. The average molecular weight is 813 g/mol. The lowest BCUT2D eigenvalue weighted by Gasteiger charge is -2.42. The number of halogens is 1. The molecule has 6 heterocycles. The lowest BCUT2D eigenvalue weighted by molar-refractivity contribution is -0.136. The lowest BCUT2D eigenvalue weighted by Crippen LogP contribution is -2.54. The van der Waals surface area contributed by atoms with Gasteiger partial charge in [0.2, 0.25) is 17.5 Å². The first-order valence-electron chi connectivity index (χ1n) is 20.8. The molecule has 3 unspecified atom stereocenters. The van der Waals surface area contributed by atoms with Crippen LogP contribution in [0, 0.1) is 24.3 Å². The summed E-state index contributed by atoms with van der Waals surface area (Å²) in [5.41, 5.74) is 3.38. The van der Waals surface area contributed by atoms with E-state index in [1.807, 2.05) is 30.3 Å². The van der Waals surface area contributed by atoms with E-state index in [1.165, 1.54) is 0 Å². The first-order valence-corrected chi connectivity index (χ1v) is 21.1. The Labute approximate surface area is 348 Å². The zero-order valence-electron chi connectivity index (χ0n) is 32.7. The van der Waals surface area contributed by atoms with Gasteiger partial charge in [0.05, 0.1) is 28.4 Å². The number of ether oxygens (including phenoxy) is 1. The number of carbonyl (C=O) groups is 5. The fourth-order valence-corrected chi connectivity index (χ4v) is 10.3. The summed E-state index contributed by atoms with van der Waals surface area (Å²) >= 11 is 6.23. The SMILES string of the molecule is [C-]#[N+]c1ccc(OC2CC3CCC(C2)N3C(=O)c2ccc(C#CC3CCN(C4CCN(c5cccc6c5C(=O)N(C5CCC(=O)NC5=O)C6=O)CC4)CC3)cc2)cc1Cl. The summed E-state index contributed by atoms with van der Waals surface area (Å²) in [7, 11) is 0. The maximum absolute atomic E-state index is 13.7. The van der Waals surface area contributed by atoms with Gasteiger partial charge in [0.15, 0.2) is 0 Å². The standard InChI is InChI=1S/C46H45ClN6O6/c1-48-38-14-13-34(27-37(38)47)59-35-25-32-11-12-33(26-35)52(32)44(56)30-9-7-28(8-10-30)5-6-29-17-21-50(22-18-29)31-19-23-51(24-20-31)39-4-2-3-36-42(39)46(58)53(45(36)57)40-15-16-41(54)49-43(40)55/h2-4,7-10,13-14,27,29,31-33,35,40H,11-12,15-26H2,(H,49,54,55). The highest BCUT2D eigenvalue weighted by atomic mass is 35.5. The molecule has 1 N–H and O–H groups in total. The summed E-state index contributed by atoms with van der Waals surface area (Å²) in [5, 5.41) is 2.65. The number of imide groups is 2. The molecular weight excluding hydrogens is 768 g/mol. The zero-order valence-corrected chi connectivity index (χ0v) is 33.5. The molecule has 6 aliphatic heterocycles. The van der Waals surface area contributed by atoms with Crippen molar-refractivity contribution in [3.8, 4) is 17.6 Å². The van der Waals surface area contributed by atoms with Gasteiger partial charge in [-0.15, -0.1) is 0 Å². The van der Waals surface area contributed by atoms with Gasteiger partial charge in [-0.25, -0.2) is 4.85 Å². The predicted molar refractivity (Wildman–Crippen MR) is 220 cm³/mol. The Morgan fingerprint density at radius 3 is 2.24 bits per heavy atom. The molecule has 3 aromatic carbocycles. The summed E-state index contributed by atoms with van der Waals surface area (Å²) in [4.78, 5) is 76.2. The predicted octanol–water partition coefficient (Wildman–Crippen LogP) is 6.24. The van der Waals surface area contributed by atoms with E-state index >= 15 is 0 Å². The molecule has 0 aliphatic carbocycles. The van der Waals surface area contributed by atoms with Crippen molar-refractivity contribution in [2.45, 2.75) is 94.5 Å². The largest absolute Gasteiger partial charge is 0.490 e. The van der Waals surface area contributed by atoms with E-state index in [0.717, 1.165) is 93.7 Å². The minimum absolute atomic E-state index is 0.00479. The van der Waals surface area contributed by atoms with Crippen LogP contribution in [0.15, 0.2) is 60.7 Å². The van der Waals surface area contributed by atoms with Crippen molar-refractivity contribution in [1.82, 2.24) is 20.0 Å². The Balaban J connectivity index is 0.747. The number of anilines is 1. The quantitative estimate of drug-likeness (QED) is 0.177. The number of fused-ring (bicyclic) bond motifs is 3. The Bertz CT molecular complexity index is 2300. The van der Waals surface area contributed by atoms with Gasteiger partial charge in [-0.05, 0) is 107 Å². The minimum Gasteiger partial charge on any atom is -0.490 e. The van der Waals surface area contributed by atoms with Gasteiger partial charge in [-0.3, -0.25) is 34.2 Å². The third-order valence-electron chi connectivity index (χ3n) is 13.1. The molecule has 3 aromatic rings. The molecule has 0 spiro atoms. The lowest BCUT2D eigenvalue weighted by atomic mass is 9.93. The van der Waals surface area contributed by atoms with E-state index < -0.39 is 29.7 Å². The molecule has 3 atom stereocenters. The van der Waals surface area contributed by atoms with E-state index in [0.29, 0.717) is 45.1 Å². The van der Waals surface area contributed by atoms with Crippen LogP contribution in [0.4, 0.5) is 11.4 Å². The summed E-state index contributed by atoms with van der Waals surface area (Å²) in [6.07, 6.45) is 7.53. The number of rotatable bonds is 6. The van der Waals surface area contributed by atoms with Gasteiger partial charge in [0, 0.05) is 67.5 Å². The average Bonchev–Trinajstić information content (AvgIpc) is 3.67. The van der Waals surface area contributed by atoms with Crippen LogP contribution in [0.5, 0.6) is 5.75 Å². The fourth-order valence-electron chi connectivity index (χ4n) is 10.1. The van der Waals surface area contributed by atoms with Crippen molar-refractivity contribution in [2.75, 3.05) is 31.1 Å². The summed E-state index contributed by atoms with van der Waals surface area (Å²) in [6.45, 7) is 10.7. The molecule has 13 heteroatoms. The molecule has 9 rings (SSSR count). The molecule has 59 heavy (non-hydrogen) atoms. The molecule has 5 fully saturated rings. The number of likely N-dealkylation sites (tertiary alicyclic amines) is 1. The molecule has 12 nitrogen and oxygen atoms in total. The highest BCUT2D eigenvalue weighted by Crippen LogP contribution is 2.40. The van der Waals surface area contributed by atoms with Crippen molar-refractivity contribution in [1.29, 1.82) is 0 Å². The maximum atomic E-state index is 13.7. The third kappa shape index (κ3) is 7.56. The van der Waals surface area contributed by atoms with Crippen LogP contribution >= 0.6 is 11.6 Å². The van der Waals surface area contributed by atoms with Gasteiger partial charge >= 0.3 is 0 Å². The first kappa shape index (κ1) is 38.8. The third-order valence-corrected chi connectivity index (χ3v) is 13.4. The van der Waals surface area contributed by atoms with Crippen molar-refractivity contribution in [3.63, 3.8) is 0 Å². The van der Waals surface area contributed by atoms with E-state index in [4.69, 9.17) is 22.9 Å². The Hall–Kier alpha value is -5.69. The minimum atomic E-state index is -0.982. The molecule has 302 valence electrons. The first-order chi connectivity index (χ1) is 28.6. The van der Waals surface area contributed by atoms with E-state index in [-0.39, 0.29) is 36.9 Å². The van der Waals surface area contributed by atoms with Crippen LogP contribution in [0.3, 0.4) is 0 Å². The van der Waals surface area contributed by atoms with Crippen molar-refractivity contribution < 1.29 is 28.7 Å². The monoisotopic (exact) mass is 812 g/mol. The van der Waals surface area contributed by atoms with Gasteiger partial charge in [-0.1, -0.05) is 35.6 Å². The Kier molecular flexibility index (Phi) is 10.6. The Morgan fingerprint density at radius 1 is 0.831 bits per heavy atom. The number of amides is 5. The van der Waals surface area contributed by atoms with Gasteiger partial charge in [0.25, 0.3) is 17.7 Å². The molecule has 5 amide bonds. The Morgan fingerprint density at radius 2 is 1.56 bits per heavy atom. The molecule has 0 aromatic heterocycles. The van der Waals surface area contributed by atoms with Gasteiger partial charge < -0.3 is 19.4 Å². The van der Waals surface area contributed by atoms with Crippen LogP contribution in [0.1, 0.15) is 101 Å².